The first-order valence-corrected chi connectivity index (χ1v) is 11.9. The first kappa shape index (κ1) is 44.8. The van der Waals surface area contributed by atoms with Crippen LogP contribution >= 0.6 is 11.8 Å². The van der Waals surface area contributed by atoms with Crippen LogP contribution in [0, 0.1) is 57.2 Å². The monoisotopic (exact) mass is 790 g/mol. The summed E-state index contributed by atoms with van der Waals surface area (Å²) in [6.07, 6.45) is 2.62. The van der Waals surface area contributed by atoms with Gasteiger partial charge in [0.2, 0.25) is 12.4 Å². The molecule has 11 nitrogen and oxygen atoms in total. The normalized spacial score (nSPS) is 8.07. The topological polar surface area (TPSA) is 172 Å². The summed E-state index contributed by atoms with van der Waals surface area (Å²) in [6.45, 7) is 17.3. The molecule has 1 heterocycles. The van der Waals surface area contributed by atoms with Crippen molar-refractivity contribution in [1.82, 2.24) is 9.97 Å². The number of amidine groups is 1. The first-order chi connectivity index (χ1) is 17.7. The van der Waals surface area contributed by atoms with Gasteiger partial charge in [-0.15, -0.1) is 0 Å². The second-order valence-corrected chi connectivity index (χ2v) is 7.52. The summed E-state index contributed by atoms with van der Waals surface area (Å²) in [5.74, 6) is 1.90. The average Bonchev–Trinajstić information content (AvgIpc) is 2.92. The van der Waals surface area contributed by atoms with Crippen LogP contribution in [0.5, 0.6) is 11.5 Å². The maximum Gasteiger partial charge on any atom is 1.00 e. The SMILES string of the molecule is CC(N)=[NH2+].COc1ccc(C=O)cc1.[Ac].[C-]#[N+]CC.[C-]#[N+]c1c(-c2ccc(OC)cc2)nc(SC)[nH]c1=O.[Na+].[OH-]. The van der Waals surface area contributed by atoms with Gasteiger partial charge in [-0.05, 0) is 48.2 Å². The number of nitrogens with one attached hydrogen (secondary N) is 1. The van der Waals surface area contributed by atoms with Gasteiger partial charge in [0.05, 0.1) is 26.5 Å². The maximum atomic E-state index is 11.8. The number of hydrogen-bond acceptors (Lipinski definition) is 7. The molecule has 2 aromatic carbocycles. The van der Waals surface area contributed by atoms with Crippen molar-refractivity contribution >= 4 is 29.6 Å². The Bertz CT molecular complexity index is 1270. The van der Waals surface area contributed by atoms with E-state index in [0.717, 1.165) is 12.0 Å². The summed E-state index contributed by atoms with van der Waals surface area (Å²) in [5, 5.41) is 5.29. The van der Waals surface area contributed by atoms with Crippen molar-refractivity contribution in [2.75, 3.05) is 27.0 Å². The van der Waals surface area contributed by atoms with Gasteiger partial charge in [-0.3, -0.25) is 20.7 Å². The van der Waals surface area contributed by atoms with Gasteiger partial charge in [-0.25, -0.2) is 16.4 Å². The number of aromatic amines is 1. The van der Waals surface area contributed by atoms with Crippen LogP contribution in [0.25, 0.3) is 20.9 Å². The minimum absolute atomic E-state index is 0. The quantitative estimate of drug-likeness (QED) is 0.0622. The van der Waals surface area contributed by atoms with Gasteiger partial charge in [0.25, 0.3) is 11.2 Å². The molecule has 205 valence electrons. The number of ether oxygens (including phenoxy) is 2. The number of hydrogen-bond donors (Lipinski definition) is 3. The molecule has 0 aliphatic heterocycles. The van der Waals surface area contributed by atoms with Crippen molar-refractivity contribution in [3.8, 4) is 22.8 Å². The number of aromatic nitrogens is 2. The van der Waals surface area contributed by atoms with E-state index >= 15 is 0 Å². The number of carbonyl (C=O) groups is 1. The average molecular weight is 791 g/mol. The van der Waals surface area contributed by atoms with Crippen LogP contribution in [0.2, 0.25) is 0 Å². The molecule has 0 amide bonds. The van der Waals surface area contributed by atoms with Crippen LogP contribution in [-0.4, -0.2) is 54.6 Å². The molecule has 14 heteroatoms. The predicted molar refractivity (Wildman–Crippen MR) is 149 cm³/mol. The van der Waals surface area contributed by atoms with Gasteiger partial charge in [0.1, 0.15) is 17.8 Å². The molecule has 1 aromatic heterocycles. The number of benzene rings is 2. The number of rotatable bonds is 5. The van der Waals surface area contributed by atoms with E-state index in [-0.39, 0.29) is 84.8 Å². The Kier molecular flexibility index (Phi) is 30.2. The minimum atomic E-state index is -0.417. The molecular weight excluding hydrogens is 758 g/mol. The molecule has 0 unspecified atom stereocenters. The molecule has 0 saturated carbocycles. The third kappa shape index (κ3) is 18.2. The van der Waals surface area contributed by atoms with Crippen LogP contribution in [0.4, 0.5) is 5.69 Å². The molecule has 3 rings (SSSR count). The molecule has 40 heavy (non-hydrogen) atoms. The van der Waals surface area contributed by atoms with Gasteiger partial charge in [0.15, 0.2) is 5.16 Å². The van der Waals surface area contributed by atoms with E-state index in [1.54, 1.807) is 69.7 Å². The molecular formula is C26H32AcN6NaO5S+. The summed E-state index contributed by atoms with van der Waals surface area (Å²) in [7, 11) is 3.17. The summed E-state index contributed by atoms with van der Waals surface area (Å²) >= 11 is 1.32. The van der Waals surface area contributed by atoms with E-state index in [4.69, 9.17) is 33.8 Å². The molecule has 3 aromatic rings. The molecule has 0 aliphatic rings. The number of methoxy groups -OCH3 is 2. The van der Waals surface area contributed by atoms with Crippen molar-refractivity contribution in [2.24, 2.45) is 5.73 Å². The Balaban J connectivity index is -0.000000261. The van der Waals surface area contributed by atoms with Gasteiger partial charge in [-0.2, -0.15) is 0 Å². The summed E-state index contributed by atoms with van der Waals surface area (Å²) in [4.78, 5) is 35.1. The van der Waals surface area contributed by atoms with Crippen LogP contribution < -0.4 is 55.7 Å². The smallest absolute Gasteiger partial charge is 0.870 e. The molecule has 0 aliphatic carbocycles. The number of nitrogens with two attached hydrogens (primary N) is 2. The number of nitrogens with zero attached hydrogens (tertiary/aromatic N) is 3. The Labute approximate surface area is 297 Å². The molecule has 0 bridgehead atoms. The van der Waals surface area contributed by atoms with Crippen molar-refractivity contribution in [3.63, 3.8) is 0 Å². The molecule has 0 saturated heterocycles. The van der Waals surface area contributed by atoms with Crippen molar-refractivity contribution in [3.05, 3.63) is 87.3 Å². The third-order valence-corrected chi connectivity index (χ3v) is 4.53. The number of H-pyrrole nitrogens is 1. The Morgan fingerprint density at radius 1 is 1.10 bits per heavy atom. The zero-order valence-corrected chi connectivity index (χ0v) is 31.0. The van der Waals surface area contributed by atoms with E-state index in [9.17, 15) is 9.59 Å². The van der Waals surface area contributed by atoms with E-state index in [2.05, 4.69) is 19.7 Å². The third-order valence-electron chi connectivity index (χ3n) is 3.95. The number of thioether (sulfide) groups is 1. The standard InChI is InChI=1S/C13H11N3O2S.C8H8O2.C3H5N.C2H6N2.Ac.Na.H2O/c1-14-11-10(15-13(19-3)16-12(11)17)8-4-6-9(18-2)7-5-8;1-10-8-4-2-7(6-9)3-5-8;1-3-4-2;1-2(3)4;;;/h4-7H,2-3H3,(H,15,16,17);2-6H,1H3;3H2,1H3;1H3,(H3,3,4);;;1H2/q;;;;;+1;. The molecule has 0 atom stereocenters. The summed E-state index contributed by atoms with van der Waals surface area (Å²) in [5.41, 5.74) is 6.17. The minimum Gasteiger partial charge on any atom is -0.870 e. The van der Waals surface area contributed by atoms with Gasteiger partial charge in [0, 0.05) is 63.5 Å². The van der Waals surface area contributed by atoms with Crippen LogP contribution in [0.1, 0.15) is 24.2 Å². The van der Waals surface area contributed by atoms with Crippen LogP contribution in [0.15, 0.2) is 58.5 Å². The number of aldehydes is 1. The van der Waals surface area contributed by atoms with Crippen LogP contribution in [-0.2, 0) is 0 Å². The zero-order chi connectivity index (χ0) is 28.2. The van der Waals surface area contributed by atoms with Crippen molar-refractivity contribution in [1.29, 1.82) is 0 Å². The molecule has 6 N–H and O–H groups in total. The fourth-order valence-corrected chi connectivity index (χ4v) is 2.66. The summed E-state index contributed by atoms with van der Waals surface area (Å²) in [6, 6.07) is 14.0. The van der Waals surface area contributed by atoms with Crippen molar-refractivity contribution in [2.45, 2.75) is 19.0 Å². The molecule has 1 radical (unpaired) electrons. The Morgan fingerprint density at radius 3 is 1.85 bits per heavy atom. The fraction of sp³-hybridized carbons (Fsp3) is 0.231. The van der Waals surface area contributed by atoms with Gasteiger partial charge < -0.3 is 24.8 Å². The van der Waals surface area contributed by atoms with Gasteiger partial charge >= 0.3 is 29.6 Å². The Hall–Kier alpha value is -2.21. The van der Waals surface area contributed by atoms with Crippen LogP contribution in [0.3, 0.4) is 0 Å². The van der Waals surface area contributed by atoms with E-state index < -0.39 is 5.56 Å². The zero-order valence-electron chi connectivity index (χ0n) is 23.5. The first-order valence-electron chi connectivity index (χ1n) is 10.7. The Morgan fingerprint density at radius 2 is 1.52 bits per heavy atom. The van der Waals surface area contributed by atoms with E-state index in [0.29, 0.717) is 40.1 Å². The second kappa shape index (κ2) is 27.0. The molecule has 0 spiro atoms. The van der Waals surface area contributed by atoms with Gasteiger partial charge in [-0.1, -0.05) is 23.9 Å². The summed E-state index contributed by atoms with van der Waals surface area (Å²) < 4.78 is 9.98. The van der Waals surface area contributed by atoms with Crippen molar-refractivity contribution < 1.29 is 98.8 Å². The maximum absolute atomic E-state index is 11.8. The second-order valence-electron chi connectivity index (χ2n) is 6.72. The van der Waals surface area contributed by atoms with E-state index in [1.165, 1.54) is 11.8 Å². The molecule has 0 fully saturated rings. The van der Waals surface area contributed by atoms with E-state index in [1.807, 2.05) is 13.2 Å². The fourth-order valence-electron chi connectivity index (χ4n) is 2.28. The largest absolute Gasteiger partial charge is 1.00 e. The predicted octanol–water partition coefficient (Wildman–Crippen LogP) is 0.101. The number of carbonyl (C=O) groups excluding carboxylic acids is 1.